The van der Waals surface area contributed by atoms with E-state index in [1.807, 2.05) is 13.8 Å². The van der Waals surface area contributed by atoms with Crippen LogP contribution in [0.5, 0.6) is 11.5 Å². The third-order valence-electron chi connectivity index (χ3n) is 10.8. The second kappa shape index (κ2) is 15.1. The van der Waals surface area contributed by atoms with Crippen molar-refractivity contribution in [2.24, 2.45) is 34.5 Å². The highest BCUT2D eigenvalue weighted by Gasteiger charge is 2.44. The fraction of sp³-hybridized carbons (Fsp3) is 0.529. The van der Waals surface area contributed by atoms with E-state index in [1.165, 1.54) is 0 Å². The van der Waals surface area contributed by atoms with Crippen LogP contribution in [0.2, 0.25) is 30.1 Å². The molecule has 4 atom stereocenters. The van der Waals surface area contributed by atoms with Gasteiger partial charge in [0.05, 0.1) is 43.3 Å². The van der Waals surface area contributed by atoms with Gasteiger partial charge < -0.3 is 18.9 Å². The summed E-state index contributed by atoms with van der Waals surface area (Å²) in [4.78, 5) is 52.9. The smallest absolute Gasteiger partial charge is 0.423 e. The Morgan fingerprint density at radius 1 is 0.583 bits per heavy atom. The van der Waals surface area contributed by atoms with Crippen LogP contribution in [-0.2, 0) is 19.1 Å². The van der Waals surface area contributed by atoms with Crippen LogP contribution in [0.3, 0.4) is 0 Å². The molecule has 0 N–H and O–H groups in total. The molecule has 0 aliphatic heterocycles. The van der Waals surface area contributed by atoms with Gasteiger partial charge in [-0.15, -0.1) is 0 Å². The summed E-state index contributed by atoms with van der Waals surface area (Å²) in [6.07, 6.45) is 3.90. The molecule has 0 radical (unpaired) electrons. The quantitative estimate of drug-likeness (QED) is 0.113. The Labute approximate surface area is 309 Å². The van der Waals surface area contributed by atoms with Gasteiger partial charge in [-0.2, -0.15) is 0 Å². The van der Waals surface area contributed by atoms with Crippen LogP contribution in [-0.4, -0.2) is 37.1 Å². The molecule has 14 heteroatoms. The van der Waals surface area contributed by atoms with Crippen LogP contribution < -0.4 is 9.47 Å². The second-order valence-electron chi connectivity index (χ2n) is 13.4. The van der Waals surface area contributed by atoms with Gasteiger partial charge in [0.25, 0.3) is 0 Å². The number of rotatable bonds is 8. The molecule has 2 saturated carbocycles. The Morgan fingerprint density at radius 2 is 0.875 bits per heavy atom. The molecule has 4 unspecified atom stereocenters. The van der Waals surface area contributed by atoms with E-state index in [-0.39, 0.29) is 77.9 Å². The van der Waals surface area contributed by atoms with Crippen molar-refractivity contribution in [3.63, 3.8) is 0 Å². The number of hydrogen-bond donors (Lipinski definition) is 0. The Hall–Kier alpha value is -1.94. The van der Waals surface area contributed by atoms with Crippen LogP contribution >= 0.6 is 69.6 Å². The standard InChI is InChI=1S/C34H36Cl6O8/c1-15-7-8-16(2)33(15,5)13-45-29(41)23-25(39)19(35)11-21(37)27(23)47-31(43)32(44)48-28-22(38)12-20(36)26(40)24(28)30(42)46-14-34(6)17(3)9-10-18(34)4/h11-12,15-18H,7-10,13-14H2,1-6H3. The topological polar surface area (TPSA) is 105 Å². The molecule has 0 bridgehead atoms. The predicted molar refractivity (Wildman–Crippen MR) is 186 cm³/mol. The molecule has 48 heavy (non-hydrogen) atoms. The zero-order valence-corrected chi connectivity index (χ0v) is 31.8. The highest BCUT2D eigenvalue weighted by molar-refractivity contribution is 6.47. The van der Waals surface area contributed by atoms with E-state index in [2.05, 4.69) is 27.7 Å². The van der Waals surface area contributed by atoms with Crippen LogP contribution in [0.1, 0.15) is 87.9 Å². The summed E-state index contributed by atoms with van der Waals surface area (Å²) in [6, 6.07) is 2.27. The summed E-state index contributed by atoms with van der Waals surface area (Å²) in [5.41, 5.74) is -1.54. The average Bonchev–Trinajstić information content (AvgIpc) is 3.44. The molecule has 4 rings (SSSR count). The number of esters is 4. The van der Waals surface area contributed by atoms with Crippen molar-refractivity contribution in [2.45, 2.75) is 67.2 Å². The van der Waals surface area contributed by atoms with Gasteiger partial charge >= 0.3 is 23.9 Å². The van der Waals surface area contributed by atoms with Gasteiger partial charge in [-0.25, -0.2) is 19.2 Å². The summed E-state index contributed by atoms with van der Waals surface area (Å²) in [6.45, 7) is 12.5. The lowest BCUT2D eigenvalue weighted by atomic mass is 9.76. The lowest BCUT2D eigenvalue weighted by Crippen LogP contribution is -2.33. The monoisotopic (exact) mass is 782 g/mol. The highest BCUT2D eigenvalue weighted by Crippen LogP contribution is 2.49. The molecule has 2 aromatic carbocycles. The van der Waals surface area contributed by atoms with Crippen LogP contribution in [0, 0.1) is 34.5 Å². The van der Waals surface area contributed by atoms with Crippen molar-refractivity contribution in [1.82, 2.24) is 0 Å². The minimum absolute atomic E-state index is 0.0513. The Morgan fingerprint density at radius 3 is 1.17 bits per heavy atom. The lowest BCUT2D eigenvalue weighted by Gasteiger charge is -2.33. The second-order valence-corrected chi connectivity index (χ2v) is 15.8. The first kappa shape index (κ1) is 38.9. The van der Waals surface area contributed by atoms with E-state index in [4.69, 9.17) is 88.6 Å². The Bertz CT molecular complexity index is 1500. The predicted octanol–water partition coefficient (Wildman–Crippen LogP) is 10.6. The SMILES string of the molecule is CC1CCC(C)C1(C)COC(=O)c1c(Cl)c(Cl)cc(Cl)c1OC(=O)C(=O)Oc1c(Cl)cc(Cl)c(Cl)c1C(=O)OCC1(C)C(C)CCC1C. The van der Waals surface area contributed by atoms with Gasteiger partial charge in [-0.05, 0) is 61.5 Å². The molecule has 2 aliphatic carbocycles. The Balaban J connectivity index is 1.57. The molecule has 8 nitrogen and oxygen atoms in total. The minimum Gasteiger partial charge on any atom is -0.461 e. The molecule has 0 saturated heterocycles. The van der Waals surface area contributed by atoms with E-state index in [0.717, 1.165) is 37.8 Å². The van der Waals surface area contributed by atoms with Crippen LogP contribution in [0.4, 0.5) is 0 Å². The van der Waals surface area contributed by atoms with Crippen LogP contribution in [0.15, 0.2) is 12.1 Å². The molecule has 0 spiro atoms. The number of benzene rings is 2. The third-order valence-corrected chi connectivity index (χ3v) is 13.0. The normalized spacial score (nSPS) is 26.7. The van der Waals surface area contributed by atoms with Crippen molar-refractivity contribution >= 4 is 93.5 Å². The molecule has 0 amide bonds. The van der Waals surface area contributed by atoms with Crippen molar-refractivity contribution in [3.05, 3.63) is 53.4 Å². The number of halogens is 6. The first-order chi connectivity index (χ1) is 22.3. The zero-order chi connectivity index (χ0) is 35.9. The van der Waals surface area contributed by atoms with Crippen molar-refractivity contribution < 1.29 is 38.1 Å². The van der Waals surface area contributed by atoms with Crippen LogP contribution in [0.25, 0.3) is 0 Å². The van der Waals surface area contributed by atoms with Gasteiger partial charge in [0.2, 0.25) is 0 Å². The van der Waals surface area contributed by atoms with E-state index in [1.54, 1.807) is 0 Å². The van der Waals surface area contributed by atoms with Gasteiger partial charge in [0, 0.05) is 10.8 Å². The largest absolute Gasteiger partial charge is 0.461 e. The summed E-state index contributed by atoms with van der Waals surface area (Å²) in [7, 11) is 0. The van der Waals surface area contributed by atoms with Gasteiger partial charge in [-0.3, -0.25) is 0 Å². The molecule has 262 valence electrons. The summed E-state index contributed by atoms with van der Waals surface area (Å²) < 4.78 is 21.8. The average molecular weight is 785 g/mol. The minimum atomic E-state index is -1.64. The summed E-state index contributed by atoms with van der Waals surface area (Å²) in [5.74, 6) is -5.27. The lowest BCUT2D eigenvalue weighted by molar-refractivity contribution is -0.156. The van der Waals surface area contributed by atoms with Gasteiger partial charge in [0.15, 0.2) is 11.5 Å². The molecule has 0 aromatic heterocycles. The molecule has 2 aliphatic rings. The zero-order valence-electron chi connectivity index (χ0n) is 27.2. The number of carbonyl (C=O) groups is 4. The maximum atomic E-state index is 13.4. The summed E-state index contributed by atoms with van der Waals surface area (Å²) >= 11 is 37.7. The first-order valence-electron chi connectivity index (χ1n) is 15.5. The Kier molecular flexibility index (Phi) is 12.2. The number of ether oxygens (including phenoxy) is 4. The van der Waals surface area contributed by atoms with Crippen molar-refractivity contribution in [2.75, 3.05) is 13.2 Å². The molecule has 0 heterocycles. The maximum absolute atomic E-state index is 13.4. The highest BCUT2D eigenvalue weighted by atomic mass is 35.5. The molecular formula is C34H36Cl6O8. The molecule has 2 fully saturated rings. The number of hydrogen-bond acceptors (Lipinski definition) is 8. The summed E-state index contributed by atoms with van der Waals surface area (Å²) in [5, 5.41) is -1.48. The van der Waals surface area contributed by atoms with E-state index < -0.39 is 46.5 Å². The van der Waals surface area contributed by atoms with E-state index in [0.29, 0.717) is 0 Å². The van der Waals surface area contributed by atoms with Gasteiger partial charge in [-0.1, -0.05) is 111 Å². The van der Waals surface area contributed by atoms with Gasteiger partial charge in [0.1, 0.15) is 11.1 Å². The number of carbonyl (C=O) groups excluding carboxylic acids is 4. The van der Waals surface area contributed by atoms with Crippen molar-refractivity contribution in [1.29, 1.82) is 0 Å². The van der Waals surface area contributed by atoms with E-state index in [9.17, 15) is 19.2 Å². The van der Waals surface area contributed by atoms with E-state index >= 15 is 0 Å². The fourth-order valence-electron chi connectivity index (χ4n) is 6.44. The maximum Gasteiger partial charge on any atom is 0.423 e. The third kappa shape index (κ3) is 7.54. The molecule has 2 aromatic rings. The molecular weight excluding hydrogens is 749 g/mol. The fourth-order valence-corrected chi connectivity index (χ4v) is 7.87. The van der Waals surface area contributed by atoms with Crippen molar-refractivity contribution in [3.8, 4) is 11.5 Å². The first-order valence-corrected chi connectivity index (χ1v) is 17.7.